The summed E-state index contributed by atoms with van der Waals surface area (Å²) in [5.74, 6) is 0.497. The van der Waals surface area contributed by atoms with Gasteiger partial charge in [-0.1, -0.05) is 0 Å². The minimum Gasteiger partial charge on any atom is -0.467 e. The number of carbonyl (C=O) groups is 2. The van der Waals surface area contributed by atoms with E-state index in [1.807, 2.05) is 6.07 Å². The monoisotopic (exact) mass is 431 g/mol. The number of furan rings is 1. The molecule has 1 fully saturated rings. The molecule has 2 aliphatic rings. The molecule has 0 bridgehead atoms. The van der Waals surface area contributed by atoms with E-state index in [1.54, 1.807) is 35.4 Å². The number of hydrogen-bond donors (Lipinski definition) is 1. The van der Waals surface area contributed by atoms with Gasteiger partial charge in [0.1, 0.15) is 5.76 Å². The topological polar surface area (TPSA) is 99.9 Å². The summed E-state index contributed by atoms with van der Waals surface area (Å²) >= 11 is 0. The highest BCUT2D eigenvalue weighted by molar-refractivity contribution is 7.92. The molecular weight excluding hydrogens is 406 g/mol. The van der Waals surface area contributed by atoms with Crippen molar-refractivity contribution < 1.29 is 22.4 Å². The summed E-state index contributed by atoms with van der Waals surface area (Å²) in [6.07, 6.45) is 4.59. The number of nitrogens with one attached hydrogen (secondary N) is 1. The summed E-state index contributed by atoms with van der Waals surface area (Å²) < 4.78 is 30.3. The molecule has 160 valence electrons. The first-order valence-electron chi connectivity index (χ1n) is 10.0. The molecule has 2 aliphatic heterocycles. The Morgan fingerprint density at radius 3 is 2.60 bits per heavy atom. The SMILES string of the molecule is CS(=O)(=O)N1CCc2cc(C(=O)N3CCC(C(=O)NCc4ccco4)CC3)ccc21. The number of anilines is 1. The van der Waals surface area contributed by atoms with Crippen LogP contribution in [0.4, 0.5) is 5.69 Å². The maximum absolute atomic E-state index is 12.9. The van der Waals surface area contributed by atoms with Crippen LogP contribution in [0, 0.1) is 5.92 Å². The molecule has 0 aliphatic carbocycles. The van der Waals surface area contributed by atoms with E-state index in [4.69, 9.17) is 4.42 Å². The first-order chi connectivity index (χ1) is 14.3. The molecule has 0 saturated carbocycles. The van der Waals surface area contributed by atoms with Gasteiger partial charge >= 0.3 is 0 Å². The Balaban J connectivity index is 1.34. The lowest BCUT2D eigenvalue weighted by molar-refractivity contribution is -0.126. The van der Waals surface area contributed by atoms with E-state index in [2.05, 4.69) is 5.32 Å². The number of fused-ring (bicyclic) bond motifs is 1. The van der Waals surface area contributed by atoms with Gasteiger partial charge in [-0.05, 0) is 55.2 Å². The maximum Gasteiger partial charge on any atom is 0.253 e. The number of rotatable bonds is 5. The van der Waals surface area contributed by atoms with Crippen LogP contribution in [0.2, 0.25) is 0 Å². The zero-order valence-corrected chi connectivity index (χ0v) is 17.7. The van der Waals surface area contributed by atoms with Crippen LogP contribution in [0.25, 0.3) is 0 Å². The fourth-order valence-corrected chi connectivity index (χ4v) is 5.07. The zero-order valence-electron chi connectivity index (χ0n) is 16.8. The number of benzene rings is 1. The molecule has 1 aromatic heterocycles. The van der Waals surface area contributed by atoms with Crippen LogP contribution in [-0.2, 0) is 27.8 Å². The first-order valence-corrected chi connectivity index (χ1v) is 11.9. The van der Waals surface area contributed by atoms with Crippen LogP contribution in [0.3, 0.4) is 0 Å². The molecule has 30 heavy (non-hydrogen) atoms. The van der Waals surface area contributed by atoms with Gasteiger partial charge in [-0.2, -0.15) is 0 Å². The molecule has 8 nitrogen and oxygen atoms in total. The van der Waals surface area contributed by atoms with Crippen molar-refractivity contribution in [2.24, 2.45) is 5.92 Å². The number of nitrogens with zero attached hydrogens (tertiary/aromatic N) is 2. The number of piperidine rings is 1. The third-order valence-electron chi connectivity index (χ3n) is 5.75. The quantitative estimate of drug-likeness (QED) is 0.778. The average molecular weight is 432 g/mol. The van der Waals surface area contributed by atoms with Crippen molar-refractivity contribution in [1.82, 2.24) is 10.2 Å². The Kier molecular flexibility index (Phi) is 5.55. The van der Waals surface area contributed by atoms with E-state index in [0.29, 0.717) is 62.5 Å². The molecular formula is C21H25N3O5S. The van der Waals surface area contributed by atoms with Crippen molar-refractivity contribution in [3.8, 4) is 0 Å². The molecule has 9 heteroatoms. The highest BCUT2D eigenvalue weighted by atomic mass is 32.2. The molecule has 4 rings (SSSR count). The highest BCUT2D eigenvalue weighted by Crippen LogP contribution is 2.31. The van der Waals surface area contributed by atoms with E-state index in [1.165, 1.54) is 10.6 Å². The normalized spacial score (nSPS) is 17.1. The van der Waals surface area contributed by atoms with Crippen LogP contribution in [-0.4, -0.2) is 51.0 Å². The molecule has 2 aromatic rings. The van der Waals surface area contributed by atoms with Crippen LogP contribution in [0.15, 0.2) is 41.0 Å². The van der Waals surface area contributed by atoms with Crippen molar-refractivity contribution in [3.63, 3.8) is 0 Å². The van der Waals surface area contributed by atoms with Crippen LogP contribution in [0.5, 0.6) is 0 Å². The van der Waals surface area contributed by atoms with Gasteiger partial charge in [0, 0.05) is 31.1 Å². The first kappa shape index (κ1) is 20.5. The van der Waals surface area contributed by atoms with Gasteiger partial charge in [0.2, 0.25) is 15.9 Å². The Morgan fingerprint density at radius 2 is 1.93 bits per heavy atom. The van der Waals surface area contributed by atoms with E-state index in [-0.39, 0.29) is 17.7 Å². The molecule has 1 saturated heterocycles. The molecule has 0 radical (unpaired) electrons. The van der Waals surface area contributed by atoms with Crippen molar-refractivity contribution in [3.05, 3.63) is 53.5 Å². The van der Waals surface area contributed by atoms with Crippen LogP contribution < -0.4 is 9.62 Å². The average Bonchev–Trinajstić information content (AvgIpc) is 3.40. The highest BCUT2D eigenvalue weighted by Gasteiger charge is 2.30. The van der Waals surface area contributed by atoms with E-state index < -0.39 is 10.0 Å². The summed E-state index contributed by atoms with van der Waals surface area (Å²) in [4.78, 5) is 27.1. The van der Waals surface area contributed by atoms with Gasteiger partial charge in [0.25, 0.3) is 5.91 Å². The second-order valence-electron chi connectivity index (χ2n) is 7.79. The lowest BCUT2D eigenvalue weighted by Gasteiger charge is -2.31. The zero-order chi connectivity index (χ0) is 21.3. The van der Waals surface area contributed by atoms with Crippen LogP contribution >= 0.6 is 0 Å². The number of carbonyl (C=O) groups excluding carboxylic acids is 2. The molecule has 1 aromatic carbocycles. The number of sulfonamides is 1. The third-order valence-corrected chi connectivity index (χ3v) is 6.93. The number of hydrogen-bond acceptors (Lipinski definition) is 5. The standard InChI is InChI=1S/C21H25N3O5S/c1-30(27,28)24-11-8-16-13-17(4-5-19(16)24)21(26)23-9-6-15(7-10-23)20(25)22-14-18-3-2-12-29-18/h2-5,12-13,15H,6-11,14H2,1H3,(H,22,25). The lowest BCUT2D eigenvalue weighted by atomic mass is 9.95. The summed E-state index contributed by atoms with van der Waals surface area (Å²) in [7, 11) is -3.31. The Hall–Kier alpha value is -2.81. The Morgan fingerprint density at radius 1 is 1.17 bits per heavy atom. The predicted octanol–water partition coefficient (Wildman–Crippen LogP) is 1.77. The van der Waals surface area contributed by atoms with Gasteiger partial charge in [0.15, 0.2) is 0 Å². The second-order valence-corrected chi connectivity index (χ2v) is 9.70. The van der Waals surface area contributed by atoms with Crippen molar-refractivity contribution in [1.29, 1.82) is 0 Å². The minimum atomic E-state index is -3.31. The summed E-state index contributed by atoms with van der Waals surface area (Å²) in [5, 5.41) is 2.89. The predicted molar refractivity (Wildman–Crippen MR) is 112 cm³/mol. The van der Waals surface area contributed by atoms with Crippen LogP contribution in [0.1, 0.15) is 34.5 Å². The number of amides is 2. The third kappa shape index (κ3) is 4.21. The molecule has 0 spiro atoms. The van der Waals surface area contributed by atoms with E-state index in [9.17, 15) is 18.0 Å². The Bertz CT molecular complexity index is 1040. The van der Waals surface area contributed by atoms with Gasteiger partial charge in [-0.25, -0.2) is 8.42 Å². The fraction of sp³-hybridized carbons (Fsp3) is 0.429. The molecule has 1 N–H and O–H groups in total. The van der Waals surface area contributed by atoms with E-state index in [0.717, 1.165) is 5.56 Å². The largest absolute Gasteiger partial charge is 0.467 e. The van der Waals surface area contributed by atoms with Crippen molar-refractivity contribution in [2.45, 2.75) is 25.8 Å². The summed E-state index contributed by atoms with van der Waals surface area (Å²) in [5.41, 5.74) is 2.09. The lowest BCUT2D eigenvalue weighted by Crippen LogP contribution is -2.42. The van der Waals surface area contributed by atoms with Crippen molar-refractivity contribution in [2.75, 3.05) is 30.2 Å². The van der Waals surface area contributed by atoms with Crippen molar-refractivity contribution >= 4 is 27.5 Å². The second kappa shape index (κ2) is 8.14. The summed E-state index contributed by atoms with van der Waals surface area (Å²) in [6, 6.07) is 8.79. The van der Waals surface area contributed by atoms with Gasteiger partial charge in [-0.15, -0.1) is 0 Å². The van der Waals surface area contributed by atoms with Gasteiger partial charge in [0.05, 0.1) is 24.8 Å². The van der Waals surface area contributed by atoms with Gasteiger partial charge < -0.3 is 14.6 Å². The fourth-order valence-electron chi connectivity index (χ4n) is 4.11. The molecule has 2 amide bonds. The molecule has 0 atom stereocenters. The molecule has 0 unspecified atom stereocenters. The van der Waals surface area contributed by atoms with Gasteiger partial charge in [-0.3, -0.25) is 13.9 Å². The number of likely N-dealkylation sites (tertiary alicyclic amines) is 1. The Labute approximate surface area is 175 Å². The smallest absolute Gasteiger partial charge is 0.253 e. The van der Waals surface area contributed by atoms with E-state index >= 15 is 0 Å². The summed E-state index contributed by atoms with van der Waals surface area (Å²) in [6.45, 7) is 1.81. The molecule has 3 heterocycles. The minimum absolute atomic E-state index is 0.0168. The maximum atomic E-state index is 12.9.